The number of benzene rings is 1. The van der Waals surface area contributed by atoms with Crippen LogP contribution in [0.25, 0.3) is 0 Å². The molecule has 0 bridgehead atoms. The van der Waals surface area contributed by atoms with Gasteiger partial charge in [-0.2, -0.15) is 0 Å². The standard InChI is InChI=1S/C16H22Br2/c1-12(2)16(10-17,11-18)9-13-6-7-14-4-3-5-15(14)8-13/h6-8,12H,3-5,9-11H2,1-2H3. The molecule has 0 atom stereocenters. The summed E-state index contributed by atoms with van der Waals surface area (Å²) in [6, 6.07) is 7.14. The normalized spacial score (nSPS) is 15.2. The van der Waals surface area contributed by atoms with Crippen molar-refractivity contribution in [1.82, 2.24) is 0 Å². The first-order chi connectivity index (χ1) is 8.61. The second-order valence-electron chi connectivity index (χ2n) is 5.92. The zero-order valence-electron chi connectivity index (χ0n) is 11.3. The molecule has 0 spiro atoms. The van der Waals surface area contributed by atoms with Gasteiger partial charge in [0, 0.05) is 10.7 Å². The Hall–Kier alpha value is 0.180. The summed E-state index contributed by atoms with van der Waals surface area (Å²) < 4.78 is 0. The second-order valence-corrected chi connectivity index (χ2v) is 7.04. The van der Waals surface area contributed by atoms with Gasteiger partial charge in [0.2, 0.25) is 0 Å². The molecule has 0 heterocycles. The minimum Gasteiger partial charge on any atom is -0.0921 e. The number of rotatable bonds is 5. The SMILES string of the molecule is CC(C)C(CBr)(CBr)Cc1ccc2c(c1)CCC2. The van der Waals surface area contributed by atoms with Crippen molar-refractivity contribution >= 4 is 31.9 Å². The summed E-state index contributed by atoms with van der Waals surface area (Å²) in [5.74, 6) is 0.671. The van der Waals surface area contributed by atoms with Gasteiger partial charge in [-0.3, -0.25) is 0 Å². The van der Waals surface area contributed by atoms with Crippen molar-refractivity contribution in [2.24, 2.45) is 11.3 Å². The van der Waals surface area contributed by atoms with Crippen LogP contribution in [0.1, 0.15) is 37.0 Å². The highest BCUT2D eigenvalue weighted by molar-refractivity contribution is 9.09. The lowest BCUT2D eigenvalue weighted by atomic mass is 9.76. The third-order valence-corrected chi connectivity index (χ3v) is 6.71. The van der Waals surface area contributed by atoms with E-state index in [2.05, 4.69) is 63.9 Å². The number of alkyl halides is 2. The average molecular weight is 374 g/mol. The van der Waals surface area contributed by atoms with Gasteiger partial charge in [0.25, 0.3) is 0 Å². The lowest BCUT2D eigenvalue weighted by molar-refractivity contribution is 0.268. The lowest BCUT2D eigenvalue weighted by Gasteiger charge is -2.34. The number of hydrogen-bond donors (Lipinski definition) is 0. The molecular weight excluding hydrogens is 352 g/mol. The summed E-state index contributed by atoms with van der Waals surface area (Å²) in [4.78, 5) is 0. The molecule has 0 aromatic heterocycles. The molecule has 0 N–H and O–H groups in total. The summed E-state index contributed by atoms with van der Waals surface area (Å²) in [6.45, 7) is 4.66. The monoisotopic (exact) mass is 372 g/mol. The van der Waals surface area contributed by atoms with E-state index in [1.165, 1.54) is 24.8 Å². The first kappa shape index (κ1) is 14.6. The van der Waals surface area contributed by atoms with Crippen molar-refractivity contribution in [3.05, 3.63) is 34.9 Å². The highest BCUT2D eigenvalue weighted by Crippen LogP contribution is 2.36. The molecule has 1 aliphatic rings. The molecular formula is C16H22Br2. The van der Waals surface area contributed by atoms with E-state index in [1.54, 1.807) is 11.1 Å². The van der Waals surface area contributed by atoms with Gasteiger partial charge in [-0.25, -0.2) is 0 Å². The van der Waals surface area contributed by atoms with E-state index in [9.17, 15) is 0 Å². The summed E-state index contributed by atoms with van der Waals surface area (Å²) in [7, 11) is 0. The Labute approximate surface area is 128 Å². The van der Waals surface area contributed by atoms with E-state index < -0.39 is 0 Å². The first-order valence-electron chi connectivity index (χ1n) is 6.84. The quantitative estimate of drug-likeness (QED) is 0.626. The molecule has 1 aromatic carbocycles. The van der Waals surface area contributed by atoms with E-state index in [4.69, 9.17) is 0 Å². The Bertz CT molecular complexity index is 406. The highest BCUT2D eigenvalue weighted by Gasteiger charge is 2.32. The summed E-state index contributed by atoms with van der Waals surface area (Å²) in [6.07, 6.45) is 5.06. The molecule has 0 nitrogen and oxygen atoms in total. The molecule has 0 radical (unpaired) electrons. The van der Waals surface area contributed by atoms with Crippen LogP contribution in [-0.4, -0.2) is 10.7 Å². The number of aryl methyl sites for hydroxylation is 2. The molecule has 0 unspecified atom stereocenters. The lowest BCUT2D eigenvalue weighted by Crippen LogP contribution is -2.33. The van der Waals surface area contributed by atoms with Crippen molar-refractivity contribution in [2.45, 2.75) is 39.5 Å². The van der Waals surface area contributed by atoms with E-state index in [0.29, 0.717) is 11.3 Å². The van der Waals surface area contributed by atoms with Crippen molar-refractivity contribution in [1.29, 1.82) is 0 Å². The fraction of sp³-hybridized carbons (Fsp3) is 0.625. The van der Waals surface area contributed by atoms with Crippen molar-refractivity contribution in [2.75, 3.05) is 10.7 Å². The second kappa shape index (κ2) is 6.09. The van der Waals surface area contributed by atoms with Crippen LogP contribution in [0.5, 0.6) is 0 Å². The maximum absolute atomic E-state index is 3.72. The van der Waals surface area contributed by atoms with Crippen LogP contribution in [0, 0.1) is 11.3 Å². The van der Waals surface area contributed by atoms with Gasteiger partial charge >= 0.3 is 0 Å². The Balaban J connectivity index is 2.22. The molecule has 1 aliphatic carbocycles. The maximum Gasteiger partial charge on any atom is 0.0102 e. The van der Waals surface area contributed by atoms with Crippen LogP contribution in [0.4, 0.5) is 0 Å². The first-order valence-corrected chi connectivity index (χ1v) is 9.08. The summed E-state index contributed by atoms with van der Waals surface area (Å²) in [5, 5.41) is 2.11. The van der Waals surface area contributed by atoms with Crippen molar-refractivity contribution in [3.63, 3.8) is 0 Å². The van der Waals surface area contributed by atoms with Gasteiger partial charge < -0.3 is 0 Å². The molecule has 0 saturated carbocycles. The zero-order chi connectivity index (χ0) is 13.2. The minimum absolute atomic E-state index is 0.326. The molecule has 2 heteroatoms. The van der Waals surface area contributed by atoms with E-state index >= 15 is 0 Å². The maximum atomic E-state index is 3.72. The molecule has 100 valence electrons. The molecule has 0 aliphatic heterocycles. The van der Waals surface area contributed by atoms with Crippen LogP contribution in [0.3, 0.4) is 0 Å². The Morgan fingerprint density at radius 1 is 1.11 bits per heavy atom. The molecule has 18 heavy (non-hydrogen) atoms. The predicted octanol–water partition coefficient (Wildman–Crippen LogP) is 5.15. The third kappa shape index (κ3) is 2.85. The fourth-order valence-corrected chi connectivity index (χ4v) is 5.40. The predicted molar refractivity (Wildman–Crippen MR) is 87.0 cm³/mol. The summed E-state index contributed by atoms with van der Waals surface area (Å²) in [5.41, 5.74) is 5.00. The van der Waals surface area contributed by atoms with Crippen LogP contribution >= 0.6 is 31.9 Å². The smallest absolute Gasteiger partial charge is 0.0102 e. The molecule has 0 amide bonds. The minimum atomic E-state index is 0.326. The number of fused-ring (bicyclic) bond motifs is 1. The Morgan fingerprint density at radius 3 is 2.39 bits per heavy atom. The van der Waals surface area contributed by atoms with E-state index in [1.807, 2.05) is 0 Å². The highest BCUT2D eigenvalue weighted by atomic mass is 79.9. The van der Waals surface area contributed by atoms with Gasteiger partial charge in [-0.15, -0.1) is 0 Å². The van der Waals surface area contributed by atoms with Crippen molar-refractivity contribution < 1.29 is 0 Å². The van der Waals surface area contributed by atoms with Gasteiger partial charge in [0.05, 0.1) is 0 Å². The van der Waals surface area contributed by atoms with Gasteiger partial charge in [0.1, 0.15) is 0 Å². The molecule has 0 saturated heterocycles. The van der Waals surface area contributed by atoms with Gasteiger partial charge in [-0.1, -0.05) is 63.9 Å². The van der Waals surface area contributed by atoms with E-state index in [0.717, 1.165) is 17.1 Å². The van der Waals surface area contributed by atoms with E-state index in [-0.39, 0.29) is 0 Å². The van der Waals surface area contributed by atoms with Gasteiger partial charge in [-0.05, 0) is 53.7 Å². The number of halogens is 2. The largest absolute Gasteiger partial charge is 0.0921 e. The topological polar surface area (TPSA) is 0 Å². The van der Waals surface area contributed by atoms with Crippen LogP contribution in [-0.2, 0) is 19.3 Å². The third-order valence-electron chi connectivity index (χ3n) is 4.48. The zero-order valence-corrected chi connectivity index (χ0v) is 14.5. The molecule has 2 rings (SSSR count). The van der Waals surface area contributed by atoms with Crippen LogP contribution < -0.4 is 0 Å². The van der Waals surface area contributed by atoms with Crippen LogP contribution in [0.15, 0.2) is 18.2 Å². The van der Waals surface area contributed by atoms with Gasteiger partial charge in [0.15, 0.2) is 0 Å². The Kier molecular flexibility index (Phi) is 4.93. The number of hydrogen-bond acceptors (Lipinski definition) is 0. The molecule has 0 fully saturated rings. The fourth-order valence-electron chi connectivity index (χ4n) is 2.78. The average Bonchev–Trinajstić information content (AvgIpc) is 2.83. The van der Waals surface area contributed by atoms with Crippen LogP contribution in [0.2, 0.25) is 0 Å². The van der Waals surface area contributed by atoms with Crippen molar-refractivity contribution in [3.8, 4) is 0 Å². The summed E-state index contributed by atoms with van der Waals surface area (Å²) >= 11 is 7.45. The Morgan fingerprint density at radius 2 is 1.78 bits per heavy atom. The molecule has 1 aromatic rings.